The van der Waals surface area contributed by atoms with Crippen molar-refractivity contribution in [3.8, 4) is 0 Å². The highest BCUT2D eigenvalue weighted by molar-refractivity contribution is 8.18. The van der Waals surface area contributed by atoms with Crippen LogP contribution < -0.4 is 5.32 Å². The lowest BCUT2D eigenvalue weighted by atomic mass is 10.2. The normalized spacial score (nSPS) is 15.4. The van der Waals surface area contributed by atoms with Gasteiger partial charge in [0.2, 0.25) is 0 Å². The molecule has 2 aromatic carbocycles. The Bertz CT molecular complexity index is 994. The van der Waals surface area contributed by atoms with Gasteiger partial charge in [-0.15, -0.1) is 0 Å². The quantitative estimate of drug-likeness (QED) is 0.771. The number of hydrogen-bond donors (Lipinski definition) is 1. The molecule has 2 aromatic rings. The van der Waals surface area contributed by atoms with Crippen LogP contribution in [-0.2, 0) is 4.79 Å². The predicted molar refractivity (Wildman–Crippen MR) is 97.8 cm³/mol. The fraction of sp³-hybridized carbons (Fsp3) is 0.105. The molecule has 144 valence electrons. The SMILES string of the molecule is O=C(NCCN1C(=O)S/C(=C\c2ccccc2F)C1=O)c1ccc(F)c(F)c1. The van der Waals surface area contributed by atoms with Crippen LogP contribution in [0.3, 0.4) is 0 Å². The molecule has 0 atom stereocenters. The highest BCUT2D eigenvalue weighted by atomic mass is 32.2. The van der Waals surface area contributed by atoms with Crippen molar-refractivity contribution in [2.45, 2.75) is 0 Å². The molecule has 1 aliphatic rings. The van der Waals surface area contributed by atoms with Gasteiger partial charge in [-0.2, -0.15) is 0 Å². The minimum atomic E-state index is -1.16. The van der Waals surface area contributed by atoms with E-state index in [2.05, 4.69) is 5.32 Å². The van der Waals surface area contributed by atoms with Gasteiger partial charge in [-0.25, -0.2) is 13.2 Å². The molecule has 1 heterocycles. The molecule has 5 nitrogen and oxygen atoms in total. The van der Waals surface area contributed by atoms with Gasteiger partial charge in [0.05, 0.1) is 4.91 Å². The standard InChI is InChI=1S/C19H13F3N2O3S/c20-13-4-2-1-3-11(13)10-16-18(26)24(19(27)28-16)8-7-23-17(25)12-5-6-14(21)15(22)9-12/h1-6,9-10H,7-8H2,(H,23,25)/b16-10-. The van der Waals surface area contributed by atoms with Crippen molar-refractivity contribution in [3.05, 3.63) is 75.9 Å². The van der Waals surface area contributed by atoms with Crippen LogP contribution in [0.15, 0.2) is 47.4 Å². The predicted octanol–water partition coefficient (Wildman–Crippen LogP) is 3.57. The number of carbonyl (C=O) groups is 3. The van der Waals surface area contributed by atoms with E-state index < -0.39 is 34.5 Å². The molecule has 1 fully saturated rings. The molecule has 0 saturated carbocycles. The van der Waals surface area contributed by atoms with E-state index in [4.69, 9.17) is 0 Å². The second kappa shape index (κ2) is 8.30. The smallest absolute Gasteiger partial charge is 0.293 e. The van der Waals surface area contributed by atoms with E-state index in [0.717, 1.165) is 23.1 Å². The third-order valence-corrected chi connectivity index (χ3v) is 4.78. The molecule has 0 bridgehead atoms. The lowest BCUT2D eigenvalue weighted by Gasteiger charge is -2.13. The van der Waals surface area contributed by atoms with Crippen LogP contribution in [0.4, 0.5) is 18.0 Å². The van der Waals surface area contributed by atoms with Crippen molar-refractivity contribution in [1.82, 2.24) is 10.2 Å². The Morgan fingerprint density at radius 1 is 1.04 bits per heavy atom. The summed E-state index contributed by atoms with van der Waals surface area (Å²) in [5.74, 6) is -4.02. The lowest BCUT2D eigenvalue weighted by Crippen LogP contribution is -2.37. The maximum atomic E-state index is 13.7. The summed E-state index contributed by atoms with van der Waals surface area (Å²) in [6, 6.07) is 8.53. The third kappa shape index (κ3) is 4.25. The van der Waals surface area contributed by atoms with Crippen LogP contribution in [0, 0.1) is 17.5 Å². The molecular formula is C19H13F3N2O3S. The molecule has 0 aromatic heterocycles. The van der Waals surface area contributed by atoms with Gasteiger partial charge >= 0.3 is 0 Å². The highest BCUT2D eigenvalue weighted by Crippen LogP contribution is 2.32. The maximum absolute atomic E-state index is 13.7. The number of imide groups is 1. The summed E-state index contributed by atoms with van der Waals surface area (Å²) >= 11 is 0.672. The van der Waals surface area contributed by atoms with Gasteiger partial charge in [0, 0.05) is 24.2 Å². The number of halogens is 3. The minimum Gasteiger partial charge on any atom is -0.350 e. The molecule has 1 saturated heterocycles. The Balaban J connectivity index is 1.61. The monoisotopic (exact) mass is 406 g/mol. The van der Waals surface area contributed by atoms with Crippen LogP contribution in [-0.4, -0.2) is 35.0 Å². The highest BCUT2D eigenvalue weighted by Gasteiger charge is 2.34. The van der Waals surface area contributed by atoms with Gasteiger partial charge in [-0.05, 0) is 42.1 Å². The van der Waals surface area contributed by atoms with E-state index in [1.165, 1.54) is 24.3 Å². The van der Waals surface area contributed by atoms with Gasteiger partial charge in [0.25, 0.3) is 17.1 Å². The Hall–Kier alpha value is -3.07. The fourth-order valence-corrected chi connectivity index (χ4v) is 3.30. The molecule has 0 unspecified atom stereocenters. The number of nitrogens with one attached hydrogen (secondary N) is 1. The van der Waals surface area contributed by atoms with Gasteiger partial charge in [0.1, 0.15) is 5.82 Å². The summed E-state index contributed by atoms with van der Waals surface area (Å²) in [5, 5.41) is 1.88. The largest absolute Gasteiger partial charge is 0.350 e. The Labute approximate surface area is 162 Å². The van der Waals surface area contributed by atoms with Crippen LogP contribution in [0.2, 0.25) is 0 Å². The van der Waals surface area contributed by atoms with Crippen LogP contribution >= 0.6 is 11.8 Å². The van der Waals surface area contributed by atoms with Crippen molar-refractivity contribution in [3.63, 3.8) is 0 Å². The third-order valence-electron chi connectivity index (χ3n) is 3.87. The molecule has 0 radical (unpaired) electrons. The number of nitrogens with zero attached hydrogens (tertiary/aromatic N) is 1. The molecule has 9 heteroatoms. The molecule has 3 rings (SSSR count). The maximum Gasteiger partial charge on any atom is 0.293 e. The molecule has 28 heavy (non-hydrogen) atoms. The number of rotatable bonds is 5. The van der Waals surface area contributed by atoms with E-state index in [1.54, 1.807) is 6.07 Å². The molecule has 0 spiro atoms. The molecule has 1 N–H and O–H groups in total. The second-order valence-corrected chi connectivity index (χ2v) is 6.73. The van der Waals surface area contributed by atoms with Crippen molar-refractivity contribution in [2.24, 2.45) is 0 Å². The Morgan fingerprint density at radius 2 is 1.79 bits per heavy atom. The van der Waals surface area contributed by atoms with Gasteiger partial charge in [-0.3, -0.25) is 19.3 Å². The van der Waals surface area contributed by atoms with E-state index in [1.807, 2.05) is 0 Å². The zero-order valence-corrected chi connectivity index (χ0v) is 15.1. The first-order valence-corrected chi connectivity index (χ1v) is 8.91. The average molecular weight is 406 g/mol. The average Bonchev–Trinajstić information content (AvgIpc) is 2.93. The van der Waals surface area contributed by atoms with Crippen LogP contribution in [0.5, 0.6) is 0 Å². The topological polar surface area (TPSA) is 66.5 Å². The number of hydrogen-bond acceptors (Lipinski definition) is 4. The summed E-state index contributed by atoms with van der Waals surface area (Å²) in [6.07, 6.45) is 1.29. The van der Waals surface area contributed by atoms with Crippen molar-refractivity contribution in [2.75, 3.05) is 13.1 Å². The zero-order valence-electron chi connectivity index (χ0n) is 14.2. The molecule has 0 aliphatic carbocycles. The van der Waals surface area contributed by atoms with Crippen molar-refractivity contribution in [1.29, 1.82) is 0 Å². The molecule has 1 aliphatic heterocycles. The van der Waals surface area contributed by atoms with E-state index in [9.17, 15) is 27.6 Å². The van der Waals surface area contributed by atoms with E-state index in [-0.39, 0.29) is 29.1 Å². The van der Waals surface area contributed by atoms with E-state index >= 15 is 0 Å². The molecular weight excluding hydrogens is 393 g/mol. The number of amides is 3. The van der Waals surface area contributed by atoms with Gasteiger partial charge in [0.15, 0.2) is 11.6 Å². The number of thioether (sulfide) groups is 1. The summed E-state index contributed by atoms with van der Waals surface area (Å²) in [4.78, 5) is 37.3. The van der Waals surface area contributed by atoms with Crippen LogP contribution in [0.25, 0.3) is 6.08 Å². The van der Waals surface area contributed by atoms with Crippen molar-refractivity contribution >= 4 is 34.9 Å². The summed E-state index contributed by atoms with van der Waals surface area (Å²) in [5.41, 5.74) is 0.0899. The fourth-order valence-electron chi connectivity index (χ4n) is 2.45. The first kappa shape index (κ1) is 19.7. The van der Waals surface area contributed by atoms with Crippen LogP contribution in [0.1, 0.15) is 15.9 Å². The van der Waals surface area contributed by atoms with Crippen molar-refractivity contribution < 1.29 is 27.6 Å². The Morgan fingerprint density at radius 3 is 2.50 bits per heavy atom. The number of carbonyl (C=O) groups excluding carboxylic acids is 3. The first-order chi connectivity index (χ1) is 13.4. The summed E-state index contributed by atoms with van der Waals surface area (Å²) < 4.78 is 39.8. The zero-order chi connectivity index (χ0) is 20.3. The molecule has 3 amide bonds. The van der Waals surface area contributed by atoms with E-state index in [0.29, 0.717) is 11.8 Å². The van der Waals surface area contributed by atoms with Gasteiger partial charge in [-0.1, -0.05) is 18.2 Å². The Kier molecular flexibility index (Phi) is 5.84. The second-order valence-electron chi connectivity index (χ2n) is 5.74. The number of benzene rings is 2. The first-order valence-electron chi connectivity index (χ1n) is 8.10. The lowest BCUT2D eigenvalue weighted by molar-refractivity contribution is -0.122. The van der Waals surface area contributed by atoms with Gasteiger partial charge < -0.3 is 5.32 Å². The summed E-state index contributed by atoms with van der Waals surface area (Å²) in [7, 11) is 0. The summed E-state index contributed by atoms with van der Waals surface area (Å²) in [6.45, 7) is -0.197. The minimum absolute atomic E-state index is 0.0713.